The van der Waals surface area contributed by atoms with E-state index in [9.17, 15) is 33.7 Å². The Kier molecular flexibility index (Phi) is 5.39. The van der Waals surface area contributed by atoms with Crippen LogP contribution < -0.4 is 0 Å². The molecule has 0 heterocycles. The summed E-state index contributed by atoms with van der Waals surface area (Å²) < 4.78 is 18.2. The molecule has 0 fully saturated rings. The Morgan fingerprint density at radius 2 is 1.52 bits per heavy atom. The van der Waals surface area contributed by atoms with Crippen molar-refractivity contribution >= 4 is 29.0 Å². The number of hydrogen-bond acceptors (Lipinski definition) is 7. The second-order valence-electron chi connectivity index (χ2n) is 7.26. The maximum absolute atomic E-state index is 13.1. The minimum absolute atomic E-state index is 0.0107. The van der Waals surface area contributed by atoms with Crippen LogP contribution in [0.4, 0.5) is 10.1 Å². The lowest BCUT2D eigenvalue weighted by Crippen LogP contribution is -2.27. The van der Waals surface area contributed by atoms with Crippen LogP contribution in [-0.2, 0) is 4.74 Å². The average Bonchev–Trinajstić information content (AvgIpc) is 2.81. The van der Waals surface area contributed by atoms with E-state index in [1.165, 1.54) is 37.3 Å². The van der Waals surface area contributed by atoms with Gasteiger partial charge in [-0.05, 0) is 43.3 Å². The molecule has 1 aliphatic carbocycles. The number of benzene rings is 3. The third-order valence-electron chi connectivity index (χ3n) is 5.25. The Morgan fingerprint density at radius 3 is 2.12 bits per heavy atom. The number of fused-ring (bicyclic) bond motifs is 2. The highest BCUT2D eigenvalue weighted by Crippen LogP contribution is 2.36. The Balaban J connectivity index is 1.71. The summed E-state index contributed by atoms with van der Waals surface area (Å²) in [4.78, 5) is 62.0. The number of carbonyl (C=O) groups is 4. The highest BCUT2D eigenvalue weighted by atomic mass is 19.1. The molecule has 0 amide bonds. The second kappa shape index (κ2) is 8.19. The van der Waals surface area contributed by atoms with Crippen molar-refractivity contribution in [2.24, 2.45) is 0 Å². The standard InChI is InChI=1S/C24H14FNO7/c1-12(21(27)13-6-8-14(25)9-7-13)33-24(30)18-11-10-17-19(20(18)26(31)32)23(29)16-5-3-2-4-15(16)22(17)28/h2-12H,1H3. The third kappa shape index (κ3) is 3.69. The fourth-order valence-corrected chi connectivity index (χ4v) is 3.65. The van der Waals surface area contributed by atoms with Gasteiger partial charge in [-0.3, -0.25) is 24.5 Å². The molecule has 0 saturated carbocycles. The summed E-state index contributed by atoms with van der Waals surface area (Å²) in [6.45, 7) is 1.26. The molecule has 0 N–H and O–H groups in total. The SMILES string of the molecule is CC(OC(=O)c1ccc2c(c1[N+](=O)[O-])C(=O)c1ccccc1C2=O)C(=O)c1ccc(F)cc1. The van der Waals surface area contributed by atoms with E-state index in [-0.39, 0.29) is 22.3 Å². The summed E-state index contributed by atoms with van der Waals surface area (Å²) in [7, 11) is 0. The molecule has 0 aromatic heterocycles. The third-order valence-corrected chi connectivity index (χ3v) is 5.25. The van der Waals surface area contributed by atoms with Crippen molar-refractivity contribution in [2.75, 3.05) is 0 Å². The number of ether oxygens (including phenoxy) is 1. The zero-order chi connectivity index (χ0) is 23.9. The number of halogens is 1. The summed E-state index contributed by atoms with van der Waals surface area (Å²) in [6, 6.07) is 12.6. The maximum Gasteiger partial charge on any atom is 0.345 e. The Morgan fingerprint density at radius 1 is 0.909 bits per heavy atom. The van der Waals surface area contributed by atoms with E-state index in [0.717, 1.165) is 24.3 Å². The predicted molar refractivity (Wildman–Crippen MR) is 112 cm³/mol. The molecule has 1 atom stereocenters. The van der Waals surface area contributed by atoms with Crippen molar-refractivity contribution in [1.29, 1.82) is 0 Å². The molecule has 164 valence electrons. The lowest BCUT2D eigenvalue weighted by atomic mass is 9.82. The van der Waals surface area contributed by atoms with Gasteiger partial charge in [0.05, 0.1) is 4.92 Å². The quantitative estimate of drug-likeness (QED) is 0.197. The van der Waals surface area contributed by atoms with Gasteiger partial charge in [-0.15, -0.1) is 0 Å². The molecule has 4 rings (SSSR count). The van der Waals surface area contributed by atoms with E-state index in [1.54, 1.807) is 6.07 Å². The number of carbonyl (C=O) groups excluding carboxylic acids is 4. The van der Waals surface area contributed by atoms with Gasteiger partial charge in [0.15, 0.2) is 11.9 Å². The van der Waals surface area contributed by atoms with Crippen molar-refractivity contribution in [3.63, 3.8) is 0 Å². The normalized spacial score (nSPS) is 13.0. The number of nitrogens with zero attached hydrogens (tertiary/aromatic N) is 1. The molecule has 1 aliphatic rings. The van der Waals surface area contributed by atoms with Crippen LogP contribution in [0.15, 0.2) is 60.7 Å². The molecule has 33 heavy (non-hydrogen) atoms. The largest absolute Gasteiger partial charge is 0.450 e. The number of hydrogen-bond donors (Lipinski definition) is 0. The number of nitro groups is 1. The van der Waals surface area contributed by atoms with E-state index in [2.05, 4.69) is 0 Å². The summed E-state index contributed by atoms with van der Waals surface area (Å²) in [5.41, 5.74) is -1.96. The minimum atomic E-state index is -1.35. The Bertz CT molecular complexity index is 1360. The average molecular weight is 447 g/mol. The molecule has 0 bridgehead atoms. The summed E-state index contributed by atoms with van der Waals surface area (Å²) in [6.07, 6.45) is -1.35. The van der Waals surface area contributed by atoms with Gasteiger partial charge in [-0.2, -0.15) is 0 Å². The zero-order valence-electron chi connectivity index (χ0n) is 17.0. The number of nitro benzene ring substituents is 1. The smallest absolute Gasteiger partial charge is 0.345 e. The van der Waals surface area contributed by atoms with E-state index >= 15 is 0 Å². The first-order chi connectivity index (χ1) is 15.7. The predicted octanol–water partition coefficient (Wildman–Crippen LogP) is 3.94. The van der Waals surface area contributed by atoms with E-state index in [1.807, 2.05) is 0 Å². The lowest BCUT2D eigenvalue weighted by Gasteiger charge is -2.18. The molecular formula is C24H14FNO7. The molecule has 9 heteroatoms. The van der Waals surface area contributed by atoms with Gasteiger partial charge in [0, 0.05) is 22.3 Å². The molecule has 1 unspecified atom stereocenters. The van der Waals surface area contributed by atoms with E-state index < -0.39 is 57.0 Å². The molecule has 3 aromatic rings. The summed E-state index contributed by atoms with van der Waals surface area (Å²) >= 11 is 0. The second-order valence-corrected chi connectivity index (χ2v) is 7.26. The van der Waals surface area contributed by atoms with Gasteiger partial charge in [-0.1, -0.05) is 24.3 Å². The highest BCUT2D eigenvalue weighted by Gasteiger charge is 2.39. The molecule has 0 radical (unpaired) electrons. The van der Waals surface area contributed by atoms with Crippen LogP contribution in [0, 0.1) is 15.9 Å². The fraction of sp³-hybridized carbons (Fsp3) is 0.0833. The van der Waals surface area contributed by atoms with E-state index in [4.69, 9.17) is 4.74 Å². The number of rotatable bonds is 5. The van der Waals surface area contributed by atoms with Crippen LogP contribution in [0.3, 0.4) is 0 Å². The topological polar surface area (TPSA) is 121 Å². The van der Waals surface area contributed by atoms with Crippen molar-refractivity contribution in [2.45, 2.75) is 13.0 Å². The molecule has 8 nitrogen and oxygen atoms in total. The van der Waals surface area contributed by atoms with Crippen LogP contribution in [0.1, 0.15) is 59.5 Å². The number of Topliss-reactive ketones (excluding diaryl/α,β-unsaturated/α-hetero) is 1. The van der Waals surface area contributed by atoms with Crippen LogP contribution in [0.2, 0.25) is 0 Å². The number of ketones is 3. The first-order valence-electron chi connectivity index (χ1n) is 9.71. The van der Waals surface area contributed by atoms with Crippen LogP contribution >= 0.6 is 0 Å². The van der Waals surface area contributed by atoms with Crippen molar-refractivity contribution in [3.8, 4) is 0 Å². The molecule has 3 aromatic carbocycles. The molecule has 0 saturated heterocycles. The summed E-state index contributed by atoms with van der Waals surface area (Å²) in [5, 5.41) is 11.9. The van der Waals surface area contributed by atoms with Crippen LogP contribution in [0.25, 0.3) is 0 Å². The number of esters is 1. The molecular weight excluding hydrogens is 433 g/mol. The van der Waals surface area contributed by atoms with Crippen LogP contribution in [-0.4, -0.2) is 34.3 Å². The monoisotopic (exact) mass is 447 g/mol. The van der Waals surface area contributed by atoms with Crippen LogP contribution in [0.5, 0.6) is 0 Å². The Labute approximate surface area is 185 Å². The van der Waals surface area contributed by atoms with Gasteiger partial charge >= 0.3 is 5.97 Å². The van der Waals surface area contributed by atoms with E-state index in [0.29, 0.717) is 0 Å². The van der Waals surface area contributed by atoms with Gasteiger partial charge in [-0.25, -0.2) is 9.18 Å². The van der Waals surface area contributed by atoms with Crippen molar-refractivity contribution < 1.29 is 33.2 Å². The van der Waals surface area contributed by atoms with Crippen molar-refractivity contribution in [1.82, 2.24) is 0 Å². The molecule has 0 aliphatic heterocycles. The fourth-order valence-electron chi connectivity index (χ4n) is 3.65. The van der Waals surface area contributed by atoms with Crippen molar-refractivity contribution in [3.05, 3.63) is 110 Å². The highest BCUT2D eigenvalue weighted by molar-refractivity contribution is 6.30. The first-order valence-corrected chi connectivity index (χ1v) is 9.71. The minimum Gasteiger partial charge on any atom is -0.450 e. The van der Waals surface area contributed by atoms with Gasteiger partial charge in [0.1, 0.15) is 16.9 Å². The van der Waals surface area contributed by atoms with Gasteiger partial charge in [0.2, 0.25) is 11.6 Å². The Hall–Kier alpha value is -4.53. The molecule has 0 spiro atoms. The maximum atomic E-state index is 13.1. The zero-order valence-corrected chi connectivity index (χ0v) is 17.0. The lowest BCUT2D eigenvalue weighted by molar-refractivity contribution is -0.385. The summed E-state index contributed by atoms with van der Waals surface area (Å²) in [5.74, 6) is -3.77. The first kappa shape index (κ1) is 21.7. The van der Waals surface area contributed by atoms with Gasteiger partial charge in [0.25, 0.3) is 5.69 Å². The van der Waals surface area contributed by atoms with Gasteiger partial charge < -0.3 is 4.74 Å².